The van der Waals surface area contributed by atoms with Crippen LogP contribution in [0.1, 0.15) is 12.8 Å². The van der Waals surface area contributed by atoms with Gasteiger partial charge in [0.1, 0.15) is 12.4 Å². The second-order valence-corrected chi connectivity index (χ2v) is 6.93. The van der Waals surface area contributed by atoms with Crippen molar-refractivity contribution < 1.29 is 14.3 Å². The van der Waals surface area contributed by atoms with Gasteiger partial charge in [0, 0.05) is 18.0 Å². The first kappa shape index (κ1) is 18.3. The molecule has 28 heavy (non-hydrogen) atoms. The van der Waals surface area contributed by atoms with Crippen LogP contribution in [0.3, 0.4) is 0 Å². The lowest BCUT2D eigenvalue weighted by Gasteiger charge is -2.12. The van der Waals surface area contributed by atoms with Crippen molar-refractivity contribution in [1.29, 1.82) is 0 Å². The molecule has 1 amide bonds. The number of ether oxygens (including phenoxy) is 2. The highest BCUT2D eigenvalue weighted by atomic mass is 16.5. The van der Waals surface area contributed by atoms with Crippen molar-refractivity contribution >= 4 is 28.1 Å². The predicted molar refractivity (Wildman–Crippen MR) is 112 cm³/mol. The van der Waals surface area contributed by atoms with E-state index >= 15 is 0 Å². The zero-order chi connectivity index (χ0) is 19.2. The number of anilines is 2. The Labute approximate surface area is 164 Å². The molecule has 3 aromatic carbocycles. The number of fused-ring (bicyclic) bond motifs is 1. The number of benzene rings is 3. The van der Waals surface area contributed by atoms with E-state index in [9.17, 15) is 4.79 Å². The standard InChI is InChI=1S/C23H24N2O3/c26-23(15-24-20-8-7-17-4-1-2-5-18(17)14-20)25-19-9-11-21(12-10-19)28-16-22-6-3-13-27-22/h1-2,4-5,7-12,14,22,24H,3,6,13,15-16H2,(H,25,26). The lowest BCUT2D eigenvalue weighted by molar-refractivity contribution is -0.114. The van der Waals surface area contributed by atoms with Gasteiger partial charge in [-0.05, 0) is 60.0 Å². The lowest BCUT2D eigenvalue weighted by Crippen LogP contribution is -2.21. The molecule has 1 unspecified atom stereocenters. The molecule has 1 aliphatic rings. The topological polar surface area (TPSA) is 59.6 Å². The summed E-state index contributed by atoms with van der Waals surface area (Å²) < 4.78 is 11.3. The van der Waals surface area contributed by atoms with Gasteiger partial charge in [-0.2, -0.15) is 0 Å². The largest absolute Gasteiger partial charge is 0.491 e. The molecule has 4 rings (SSSR count). The van der Waals surface area contributed by atoms with Gasteiger partial charge in [0.15, 0.2) is 0 Å². The zero-order valence-corrected chi connectivity index (χ0v) is 15.7. The smallest absolute Gasteiger partial charge is 0.243 e. The maximum Gasteiger partial charge on any atom is 0.243 e. The molecule has 0 radical (unpaired) electrons. The molecule has 5 heteroatoms. The molecule has 2 N–H and O–H groups in total. The van der Waals surface area contributed by atoms with Crippen LogP contribution in [0.2, 0.25) is 0 Å². The fraction of sp³-hybridized carbons (Fsp3) is 0.261. The third-order valence-electron chi connectivity index (χ3n) is 4.80. The van der Waals surface area contributed by atoms with E-state index in [0.717, 1.165) is 42.0 Å². The minimum Gasteiger partial charge on any atom is -0.491 e. The summed E-state index contributed by atoms with van der Waals surface area (Å²) in [4.78, 5) is 12.2. The number of amides is 1. The fourth-order valence-corrected chi connectivity index (χ4v) is 3.29. The van der Waals surface area contributed by atoms with Gasteiger partial charge < -0.3 is 20.1 Å². The monoisotopic (exact) mass is 376 g/mol. The van der Waals surface area contributed by atoms with Crippen LogP contribution in [0.15, 0.2) is 66.7 Å². The first-order chi connectivity index (χ1) is 13.8. The molecule has 0 saturated carbocycles. The second kappa shape index (κ2) is 8.76. The Morgan fingerprint density at radius 1 is 1.00 bits per heavy atom. The molecule has 1 atom stereocenters. The van der Waals surface area contributed by atoms with Gasteiger partial charge in [0.2, 0.25) is 5.91 Å². The summed E-state index contributed by atoms with van der Waals surface area (Å²) in [5.41, 5.74) is 1.67. The van der Waals surface area contributed by atoms with Crippen LogP contribution in [0.4, 0.5) is 11.4 Å². The Kier molecular flexibility index (Phi) is 5.73. The van der Waals surface area contributed by atoms with Crippen LogP contribution in [0.25, 0.3) is 10.8 Å². The lowest BCUT2D eigenvalue weighted by atomic mass is 10.1. The zero-order valence-electron chi connectivity index (χ0n) is 15.7. The number of hydrogen-bond donors (Lipinski definition) is 2. The molecule has 1 aliphatic heterocycles. The minimum atomic E-state index is -0.0961. The highest BCUT2D eigenvalue weighted by molar-refractivity contribution is 5.94. The van der Waals surface area contributed by atoms with E-state index in [1.165, 1.54) is 5.39 Å². The van der Waals surface area contributed by atoms with E-state index in [1.807, 2.05) is 54.6 Å². The summed E-state index contributed by atoms with van der Waals surface area (Å²) in [6.07, 6.45) is 2.35. The molecule has 0 aromatic heterocycles. The molecule has 3 aromatic rings. The van der Waals surface area contributed by atoms with Crippen molar-refractivity contribution in [3.05, 3.63) is 66.7 Å². The molecule has 0 spiro atoms. The molecule has 1 fully saturated rings. The van der Waals surface area contributed by atoms with Gasteiger partial charge in [-0.1, -0.05) is 30.3 Å². The van der Waals surface area contributed by atoms with Crippen LogP contribution in [-0.2, 0) is 9.53 Å². The molecular formula is C23H24N2O3. The molecule has 144 valence electrons. The van der Waals surface area contributed by atoms with E-state index in [2.05, 4.69) is 22.8 Å². The summed E-state index contributed by atoms with van der Waals surface area (Å²) in [6.45, 7) is 1.60. The van der Waals surface area contributed by atoms with Gasteiger partial charge in [0.05, 0.1) is 12.6 Å². The summed E-state index contributed by atoms with van der Waals surface area (Å²) in [5.74, 6) is 0.684. The van der Waals surface area contributed by atoms with E-state index in [4.69, 9.17) is 9.47 Å². The summed E-state index contributed by atoms with van der Waals surface area (Å²) >= 11 is 0. The maximum atomic E-state index is 12.2. The van der Waals surface area contributed by atoms with Gasteiger partial charge in [-0.3, -0.25) is 4.79 Å². The van der Waals surface area contributed by atoms with Crippen molar-refractivity contribution in [2.24, 2.45) is 0 Å². The first-order valence-electron chi connectivity index (χ1n) is 9.63. The van der Waals surface area contributed by atoms with Crippen LogP contribution < -0.4 is 15.4 Å². The van der Waals surface area contributed by atoms with Crippen molar-refractivity contribution in [3.63, 3.8) is 0 Å². The molecule has 1 saturated heterocycles. The normalized spacial score (nSPS) is 16.1. The van der Waals surface area contributed by atoms with Crippen LogP contribution in [0, 0.1) is 0 Å². The van der Waals surface area contributed by atoms with Gasteiger partial charge in [-0.15, -0.1) is 0 Å². The molecule has 5 nitrogen and oxygen atoms in total. The van der Waals surface area contributed by atoms with Crippen molar-refractivity contribution in [2.75, 3.05) is 30.4 Å². The van der Waals surface area contributed by atoms with E-state index in [-0.39, 0.29) is 18.6 Å². The number of rotatable bonds is 7. The van der Waals surface area contributed by atoms with E-state index < -0.39 is 0 Å². The quantitative estimate of drug-likeness (QED) is 0.640. The first-order valence-corrected chi connectivity index (χ1v) is 9.63. The maximum absolute atomic E-state index is 12.2. The Balaban J connectivity index is 1.25. The highest BCUT2D eigenvalue weighted by Crippen LogP contribution is 2.20. The van der Waals surface area contributed by atoms with Crippen LogP contribution in [-0.4, -0.2) is 31.8 Å². The van der Waals surface area contributed by atoms with Crippen molar-refractivity contribution in [2.45, 2.75) is 18.9 Å². The fourth-order valence-electron chi connectivity index (χ4n) is 3.29. The number of carbonyl (C=O) groups is 1. The van der Waals surface area contributed by atoms with Crippen molar-refractivity contribution in [1.82, 2.24) is 0 Å². The summed E-state index contributed by atoms with van der Waals surface area (Å²) in [7, 11) is 0. The number of carbonyl (C=O) groups excluding carboxylic acids is 1. The van der Waals surface area contributed by atoms with Gasteiger partial charge in [-0.25, -0.2) is 0 Å². The van der Waals surface area contributed by atoms with Crippen LogP contribution >= 0.6 is 0 Å². The minimum absolute atomic E-state index is 0.0961. The molecule has 0 aliphatic carbocycles. The number of hydrogen-bond acceptors (Lipinski definition) is 4. The Morgan fingerprint density at radius 3 is 2.57 bits per heavy atom. The SMILES string of the molecule is O=C(CNc1ccc2ccccc2c1)Nc1ccc(OCC2CCCO2)cc1. The average molecular weight is 376 g/mol. The summed E-state index contributed by atoms with van der Waals surface area (Å²) in [6, 6.07) is 21.6. The third kappa shape index (κ3) is 4.81. The van der Waals surface area contributed by atoms with Gasteiger partial charge in [0.25, 0.3) is 0 Å². The van der Waals surface area contributed by atoms with Crippen LogP contribution in [0.5, 0.6) is 5.75 Å². The molecule has 1 heterocycles. The molecule has 0 bridgehead atoms. The second-order valence-electron chi connectivity index (χ2n) is 6.93. The van der Waals surface area contributed by atoms with Gasteiger partial charge >= 0.3 is 0 Å². The average Bonchev–Trinajstić information content (AvgIpc) is 3.25. The predicted octanol–water partition coefficient (Wildman–Crippen LogP) is 4.45. The van der Waals surface area contributed by atoms with E-state index in [0.29, 0.717) is 6.61 Å². The van der Waals surface area contributed by atoms with Crippen molar-refractivity contribution in [3.8, 4) is 5.75 Å². The summed E-state index contributed by atoms with van der Waals surface area (Å²) in [5, 5.41) is 8.39. The van der Waals surface area contributed by atoms with E-state index in [1.54, 1.807) is 0 Å². The molecular weight excluding hydrogens is 352 g/mol. The highest BCUT2D eigenvalue weighted by Gasteiger charge is 2.15. The third-order valence-corrected chi connectivity index (χ3v) is 4.80. The number of nitrogens with one attached hydrogen (secondary N) is 2. The Bertz CT molecular complexity index is 934. The Morgan fingerprint density at radius 2 is 1.79 bits per heavy atom. The Hall–Kier alpha value is -3.05.